The van der Waals surface area contributed by atoms with Crippen LogP contribution < -0.4 is 21.3 Å². The lowest BCUT2D eigenvalue weighted by atomic mass is 9.89. The first-order valence-corrected chi connectivity index (χ1v) is 11.9. The van der Waals surface area contributed by atoms with Gasteiger partial charge in [-0.3, -0.25) is 4.79 Å². The van der Waals surface area contributed by atoms with Crippen molar-refractivity contribution in [3.63, 3.8) is 0 Å². The van der Waals surface area contributed by atoms with E-state index < -0.39 is 35.3 Å². The van der Waals surface area contributed by atoms with Crippen molar-refractivity contribution < 1.29 is 27.4 Å². The van der Waals surface area contributed by atoms with E-state index in [1.807, 2.05) is 0 Å². The summed E-state index contributed by atoms with van der Waals surface area (Å²) in [6.07, 6.45) is -0.767. The Labute approximate surface area is 222 Å². The van der Waals surface area contributed by atoms with Gasteiger partial charge in [0.15, 0.2) is 23.0 Å². The van der Waals surface area contributed by atoms with Crippen molar-refractivity contribution in [3.8, 4) is 5.75 Å². The minimum atomic E-state index is -4.72. The summed E-state index contributed by atoms with van der Waals surface area (Å²) in [6, 6.07) is 2.69. The number of rotatable bonds is 6. The summed E-state index contributed by atoms with van der Waals surface area (Å²) in [6.45, 7) is 0. The minimum absolute atomic E-state index is 0.0105. The Morgan fingerprint density at radius 1 is 1.33 bits per heavy atom. The molecule has 1 aliphatic carbocycles. The second-order valence-corrected chi connectivity index (χ2v) is 9.20. The maximum Gasteiger partial charge on any atom is 0.417 e. The van der Waals surface area contributed by atoms with Gasteiger partial charge >= 0.3 is 6.18 Å². The van der Waals surface area contributed by atoms with Crippen LogP contribution in [-0.4, -0.2) is 35.3 Å². The van der Waals surface area contributed by atoms with Crippen LogP contribution in [0.3, 0.4) is 0 Å². The van der Waals surface area contributed by atoms with Crippen molar-refractivity contribution in [2.45, 2.75) is 31.2 Å². The van der Waals surface area contributed by atoms with Crippen molar-refractivity contribution in [1.29, 1.82) is 0 Å². The third-order valence-corrected chi connectivity index (χ3v) is 6.63. The molecule has 0 spiro atoms. The molecule has 39 heavy (non-hydrogen) atoms. The number of aryl methyl sites for hydroxylation is 1. The van der Waals surface area contributed by atoms with Gasteiger partial charge < -0.3 is 30.0 Å². The number of aromatic nitrogens is 5. The van der Waals surface area contributed by atoms with Crippen LogP contribution >= 0.6 is 11.6 Å². The van der Waals surface area contributed by atoms with E-state index in [1.165, 1.54) is 36.1 Å². The molecule has 10 nitrogen and oxygen atoms in total. The second kappa shape index (κ2) is 9.85. The minimum Gasteiger partial charge on any atom is -0.450 e. The first kappa shape index (κ1) is 26.4. The van der Waals surface area contributed by atoms with E-state index in [9.17, 15) is 27.5 Å². The number of imidazole rings is 1. The summed E-state index contributed by atoms with van der Waals surface area (Å²) in [5, 5.41) is 12.2. The van der Waals surface area contributed by atoms with E-state index in [1.54, 1.807) is 0 Å². The zero-order chi connectivity index (χ0) is 28.1. The Balaban J connectivity index is 1.52. The summed E-state index contributed by atoms with van der Waals surface area (Å²) >= 11 is 6.54. The van der Waals surface area contributed by atoms with Gasteiger partial charge in [0.1, 0.15) is 21.9 Å². The average molecular weight is 566 g/mol. The lowest BCUT2D eigenvalue weighted by Crippen LogP contribution is -2.37. The molecule has 15 heteroatoms. The van der Waals surface area contributed by atoms with Crippen LogP contribution in [0.25, 0.3) is 16.9 Å². The van der Waals surface area contributed by atoms with Gasteiger partial charge in [-0.15, -0.1) is 0 Å². The molecule has 5 rings (SSSR count). The van der Waals surface area contributed by atoms with E-state index in [2.05, 4.69) is 20.3 Å². The molecule has 0 aromatic carbocycles. The molecule has 1 saturated carbocycles. The largest absolute Gasteiger partial charge is 0.450 e. The van der Waals surface area contributed by atoms with Crippen molar-refractivity contribution >= 4 is 40.2 Å². The topological polar surface area (TPSA) is 133 Å². The van der Waals surface area contributed by atoms with Crippen molar-refractivity contribution in [2.75, 3.05) is 5.32 Å². The molecule has 0 radical (unpaired) electrons. The molecule has 0 atom stereocenters. The van der Waals surface area contributed by atoms with Crippen LogP contribution in [0.2, 0.25) is 5.02 Å². The number of aliphatic hydroxyl groups is 1. The average Bonchev–Trinajstić information content (AvgIpc) is 3.18. The molecule has 204 valence electrons. The van der Waals surface area contributed by atoms with Gasteiger partial charge in [-0.1, -0.05) is 11.6 Å². The molecule has 0 unspecified atom stereocenters. The molecule has 1 fully saturated rings. The number of halogens is 5. The first-order chi connectivity index (χ1) is 18.5. The van der Waals surface area contributed by atoms with Gasteiger partial charge in [0, 0.05) is 31.7 Å². The Kier molecular flexibility index (Phi) is 6.68. The van der Waals surface area contributed by atoms with E-state index in [4.69, 9.17) is 22.1 Å². The highest BCUT2D eigenvalue weighted by molar-refractivity contribution is 6.36. The number of nitrogens with two attached hydrogens (primary N) is 1. The Bertz CT molecular complexity index is 1660. The van der Waals surface area contributed by atoms with Crippen LogP contribution in [0.5, 0.6) is 5.75 Å². The highest BCUT2D eigenvalue weighted by Crippen LogP contribution is 2.37. The SMILES string of the molecule is Cn1c(Nc2cc(C(F)(F)F)cn(C3CC(O)C3)c2=O)nc2ncc(OC(=CN)c3ncccc3F)c(Cl)c21. The van der Waals surface area contributed by atoms with Crippen LogP contribution in [0.1, 0.15) is 30.1 Å². The first-order valence-electron chi connectivity index (χ1n) is 11.5. The van der Waals surface area contributed by atoms with Crippen molar-refractivity contribution in [1.82, 2.24) is 24.1 Å². The molecule has 0 bridgehead atoms. The quantitative estimate of drug-likeness (QED) is 0.235. The fraction of sp³-hybridized carbons (Fsp3) is 0.250. The highest BCUT2D eigenvalue weighted by atomic mass is 35.5. The highest BCUT2D eigenvalue weighted by Gasteiger charge is 2.36. The third-order valence-electron chi connectivity index (χ3n) is 6.27. The van der Waals surface area contributed by atoms with E-state index in [0.29, 0.717) is 6.07 Å². The Hall–Kier alpha value is -4.17. The summed E-state index contributed by atoms with van der Waals surface area (Å²) in [5.41, 5.74) is 3.61. The van der Waals surface area contributed by atoms with Crippen LogP contribution in [-0.2, 0) is 13.2 Å². The van der Waals surface area contributed by atoms with E-state index in [0.717, 1.165) is 17.0 Å². The molecule has 4 aromatic rings. The molecular formula is C24H20ClF4N7O3. The summed E-state index contributed by atoms with van der Waals surface area (Å²) in [7, 11) is 1.50. The maximum atomic E-state index is 14.2. The van der Waals surface area contributed by atoms with Crippen molar-refractivity contribution in [2.24, 2.45) is 12.8 Å². The van der Waals surface area contributed by atoms with Gasteiger partial charge in [0.25, 0.3) is 5.56 Å². The number of aliphatic hydroxyl groups excluding tert-OH is 1. The molecule has 0 saturated heterocycles. The lowest BCUT2D eigenvalue weighted by Gasteiger charge is -2.33. The Morgan fingerprint density at radius 3 is 2.72 bits per heavy atom. The number of pyridine rings is 3. The second-order valence-electron chi connectivity index (χ2n) is 8.83. The molecular weight excluding hydrogens is 546 g/mol. The number of nitrogens with one attached hydrogen (secondary N) is 1. The number of ether oxygens (including phenoxy) is 1. The van der Waals surface area contributed by atoms with Gasteiger partial charge in [-0.05, 0) is 31.0 Å². The van der Waals surface area contributed by atoms with Crippen LogP contribution in [0.4, 0.5) is 29.2 Å². The predicted molar refractivity (Wildman–Crippen MR) is 134 cm³/mol. The summed E-state index contributed by atoms with van der Waals surface area (Å²) in [4.78, 5) is 25.4. The number of hydrogen-bond acceptors (Lipinski definition) is 8. The number of hydrogen-bond donors (Lipinski definition) is 3. The fourth-order valence-corrected chi connectivity index (χ4v) is 4.47. The smallest absolute Gasteiger partial charge is 0.417 e. The zero-order valence-corrected chi connectivity index (χ0v) is 20.8. The number of nitrogens with zero attached hydrogens (tertiary/aromatic N) is 5. The predicted octanol–water partition coefficient (Wildman–Crippen LogP) is 4.11. The number of anilines is 2. The summed E-state index contributed by atoms with van der Waals surface area (Å²) < 4.78 is 63.0. The van der Waals surface area contributed by atoms with Gasteiger partial charge in [-0.25, -0.2) is 14.4 Å². The third kappa shape index (κ3) is 4.88. The Morgan fingerprint density at radius 2 is 2.08 bits per heavy atom. The molecule has 1 aliphatic rings. The fourth-order valence-electron chi connectivity index (χ4n) is 4.17. The number of alkyl halides is 3. The molecule has 0 aliphatic heterocycles. The molecule has 0 amide bonds. The molecule has 4 heterocycles. The van der Waals surface area contributed by atoms with Crippen LogP contribution in [0, 0.1) is 5.82 Å². The normalized spacial score (nSPS) is 17.8. The summed E-state index contributed by atoms with van der Waals surface area (Å²) in [5.74, 6) is -0.874. The molecule has 4 aromatic heterocycles. The molecule has 4 N–H and O–H groups in total. The van der Waals surface area contributed by atoms with Crippen LogP contribution in [0.15, 0.2) is 47.8 Å². The van der Waals surface area contributed by atoms with Gasteiger partial charge in [0.05, 0.1) is 17.9 Å². The standard InChI is InChI=1S/C24H20ClF4N7O3/c1-35-20-18(25)17(39-16(8-30)19-14(26)3-2-4-31-19)9-32-21(20)34-23(35)33-15-5-11(24(27,28)29)10-36(22(15)38)12-6-13(37)7-12/h2-5,8-10,12-13,37H,6-7,30H2,1H3,(H,32,33,34). The monoisotopic (exact) mass is 565 g/mol. The van der Waals surface area contributed by atoms with E-state index in [-0.39, 0.29) is 57.9 Å². The lowest BCUT2D eigenvalue weighted by molar-refractivity contribution is -0.138. The zero-order valence-electron chi connectivity index (χ0n) is 20.1. The number of fused-ring (bicyclic) bond motifs is 1. The van der Waals surface area contributed by atoms with Gasteiger partial charge in [-0.2, -0.15) is 18.2 Å². The maximum absolute atomic E-state index is 14.2. The van der Waals surface area contributed by atoms with Crippen molar-refractivity contribution in [3.05, 3.63) is 75.4 Å². The van der Waals surface area contributed by atoms with Gasteiger partial charge in [0.2, 0.25) is 5.95 Å². The van der Waals surface area contributed by atoms with E-state index >= 15 is 0 Å².